The van der Waals surface area contributed by atoms with E-state index in [9.17, 15) is 9.59 Å². The van der Waals surface area contributed by atoms with Crippen LogP contribution in [0.25, 0.3) is 0 Å². The Morgan fingerprint density at radius 2 is 1.91 bits per heavy atom. The summed E-state index contributed by atoms with van der Waals surface area (Å²) in [5.41, 5.74) is 0.0698. The molecule has 186 valence electrons. The number of aryl methyl sites for hydroxylation is 1. The average Bonchev–Trinajstić information content (AvgIpc) is 3.27. The summed E-state index contributed by atoms with van der Waals surface area (Å²) in [6.07, 6.45) is 6.77. The van der Waals surface area contributed by atoms with Crippen LogP contribution in [-0.4, -0.2) is 53.1 Å². The van der Waals surface area contributed by atoms with E-state index in [0.717, 1.165) is 35.9 Å². The van der Waals surface area contributed by atoms with Gasteiger partial charge in [-0.25, -0.2) is 9.79 Å². The molecular formula is C25H42N4O3S. The maximum atomic E-state index is 13.7. The fourth-order valence-corrected chi connectivity index (χ4v) is 5.73. The Morgan fingerprint density at radius 1 is 1.24 bits per heavy atom. The van der Waals surface area contributed by atoms with Gasteiger partial charge >= 0.3 is 6.03 Å². The molecule has 2 fully saturated rings. The molecule has 1 saturated carbocycles. The average molecular weight is 479 g/mol. The summed E-state index contributed by atoms with van der Waals surface area (Å²) in [7, 11) is 0. The predicted octanol–water partition coefficient (Wildman–Crippen LogP) is 4.31. The number of hydrogen-bond acceptors (Lipinski definition) is 4. The van der Waals surface area contributed by atoms with Crippen LogP contribution in [0.5, 0.6) is 0 Å². The molecule has 1 aromatic heterocycles. The topological polar surface area (TPSA) is 75.9 Å². The van der Waals surface area contributed by atoms with Crippen molar-refractivity contribution in [1.82, 2.24) is 14.2 Å². The fraction of sp³-hybridized carbons (Fsp3) is 0.800. The van der Waals surface area contributed by atoms with Crippen molar-refractivity contribution < 1.29 is 14.3 Å². The second kappa shape index (κ2) is 9.90. The number of morpholine rings is 1. The minimum atomic E-state index is -0.630. The van der Waals surface area contributed by atoms with Gasteiger partial charge in [0.25, 0.3) is 5.91 Å². The number of nitrogens with one attached hydrogen (secondary N) is 1. The van der Waals surface area contributed by atoms with E-state index in [0.29, 0.717) is 32.7 Å². The van der Waals surface area contributed by atoms with Gasteiger partial charge in [0.1, 0.15) is 4.67 Å². The number of ether oxygens (including phenoxy) is 1. The minimum absolute atomic E-state index is 0.0478. The summed E-state index contributed by atoms with van der Waals surface area (Å²) in [5.74, 6) is -0.0729. The zero-order valence-electron chi connectivity index (χ0n) is 21.5. The third-order valence-corrected chi connectivity index (χ3v) is 9.07. The number of hydrogen-bond donors (Lipinski definition) is 1. The van der Waals surface area contributed by atoms with E-state index in [1.54, 1.807) is 16.4 Å². The molecule has 33 heavy (non-hydrogen) atoms. The Labute approximate surface area is 202 Å². The molecule has 7 nitrogen and oxygen atoms in total. The van der Waals surface area contributed by atoms with Gasteiger partial charge in [0.15, 0.2) is 0 Å². The summed E-state index contributed by atoms with van der Waals surface area (Å²) >= 11 is 1.57. The zero-order chi connectivity index (χ0) is 24.4. The number of aromatic nitrogens is 1. The lowest BCUT2D eigenvalue weighted by molar-refractivity contribution is -0.132. The molecule has 1 aliphatic heterocycles. The SMILES string of the molecule is CCCCc1cn(C(C)(C)C)s/c1=N\C(=O)[C@]1(C)CC[C@H](NC(=O)N2CCOCC2)C1(C)C. The molecular weight excluding hydrogens is 436 g/mol. The van der Waals surface area contributed by atoms with Crippen LogP contribution in [0, 0.1) is 10.8 Å². The van der Waals surface area contributed by atoms with E-state index in [1.165, 1.54) is 0 Å². The van der Waals surface area contributed by atoms with Gasteiger partial charge in [0.05, 0.1) is 18.6 Å². The third kappa shape index (κ3) is 5.37. The molecule has 1 aromatic rings. The van der Waals surface area contributed by atoms with E-state index in [2.05, 4.69) is 57.0 Å². The van der Waals surface area contributed by atoms with Gasteiger partial charge in [-0.1, -0.05) is 34.1 Å². The van der Waals surface area contributed by atoms with Crippen molar-refractivity contribution >= 4 is 23.5 Å². The van der Waals surface area contributed by atoms with Crippen molar-refractivity contribution in [2.24, 2.45) is 15.8 Å². The summed E-state index contributed by atoms with van der Waals surface area (Å²) in [6.45, 7) is 17.3. The largest absolute Gasteiger partial charge is 0.378 e. The molecule has 1 saturated heterocycles. The van der Waals surface area contributed by atoms with Crippen LogP contribution in [0.4, 0.5) is 4.79 Å². The zero-order valence-corrected chi connectivity index (χ0v) is 22.3. The molecule has 3 rings (SSSR count). The molecule has 0 unspecified atom stereocenters. The lowest BCUT2D eigenvalue weighted by Gasteiger charge is -2.40. The number of carbonyl (C=O) groups is 2. The smallest absolute Gasteiger partial charge is 0.317 e. The van der Waals surface area contributed by atoms with E-state index >= 15 is 0 Å². The first-order chi connectivity index (χ1) is 15.4. The highest BCUT2D eigenvalue weighted by Crippen LogP contribution is 2.53. The highest BCUT2D eigenvalue weighted by atomic mass is 32.1. The van der Waals surface area contributed by atoms with Gasteiger partial charge < -0.3 is 15.0 Å². The molecule has 2 aliphatic rings. The standard InChI is InChI=1S/C25H42N4O3S/c1-8-9-10-18-17-29(23(2,3)4)33-20(18)27-21(30)25(7)12-11-19(24(25,5)6)26-22(31)28-13-15-32-16-14-28/h17,19H,8-16H2,1-7H3,(H,26,31)/b27-20-/t19-,25-/m0/s1. The lowest BCUT2D eigenvalue weighted by Crippen LogP contribution is -2.54. The molecule has 1 aliphatic carbocycles. The second-order valence-electron chi connectivity index (χ2n) is 11.3. The molecule has 0 radical (unpaired) electrons. The van der Waals surface area contributed by atoms with Crippen LogP contribution in [0.1, 0.15) is 79.7 Å². The van der Waals surface area contributed by atoms with Crippen LogP contribution in [0.2, 0.25) is 0 Å². The van der Waals surface area contributed by atoms with Crippen molar-refractivity contribution in [2.45, 2.75) is 92.2 Å². The van der Waals surface area contributed by atoms with Crippen molar-refractivity contribution in [3.05, 3.63) is 16.4 Å². The van der Waals surface area contributed by atoms with E-state index in [1.807, 2.05) is 6.92 Å². The molecule has 0 spiro atoms. The highest BCUT2D eigenvalue weighted by Gasteiger charge is 2.56. The maximum absolute atomic E-state index is 13.7. The Balaban J connectivity index is 1.83. The van der Waals surface area contributed by atoms with Gasteiger partial charge in [-0.15, -0.1) is 0 Å². The quantitative estimate of drug-likeness (QED) is 0.685. The third-order valence-electron chi connectivity index (χ3n) is 7.69. The predicted molar refractivity (Wildman–Crippen MR) is 132 cm³/mol. The Morgan fingerprint density at radius 3 is 2.52 bits per heavy atom. The highest BCUT2D eigenvalue weighted by molar-refractivity contribution is 7.04. The summed E-state index contributed by atoms with van der Waals surface area (Å²) in [5, 5.41) is 3.21. The van der Waals surface area contributed by atoms with Crippen LogP contribution >= 0.6 is 11.5 Å². The molecule has 2 atom stereocenters. The number of unbranched alkanes of at least 4 members (excludes halogenated alkanes) is 1. The molecule has 2 heterocycles. The number of urea groups is 1. The summed E-state index contributed by atoms with van der Waals surface area (Å²) < 4.78 is 8.40. The van der Waals surface area contributed by atoms with Crippen LogP contribution in [0.15, 0.2) is 11.2 Å². The number of carbonyl (C=O) groups excluding carboxylic acids is 2. The number of nitrogens with zero attached hydrogens (tertiary/aromatic N) is 3. The maximum Gasteiger partial charge on any atom is 0.317 e. The fourth-order valence-electron chi connectivity index (χ4n) is 4.69. The van der Waals surface area contributed by atoms with Gasteiger partial charge in [0.2, 0.25) is 0 Å². The Hall–Kier alpha value is -1.67. The first-order valence-electron chi connectivity index (χ1n) is 12.3. The van der Waals surface area contributed by atoms with Gasteiger partial charge in [-0.05, 0) is 63.4 Å². The van der Waals surface area contributed by atoms with E-state index in [4.69, 9.17) is 9.73 Å². The van der Waals surface area contributed by atoms with Gasteiger partial charge in [0, 0.05) is 36.4 Å². The molecule has 0 bridgehead atoms. The van der Waals surface area contributed by atoms with Crippen molar-refractivity contribution in [3.63, 3.8) is 0 Å². The lowest BCUT2D eigenvalue weighted by atomic mass is 9.67. The first-order valence-corrected chi connectivity index (χ1v) is 13.1. The van der Waals surface area contributed by atoms with Gasteiger partial charge in [-0.2, -0.15) is 0 Å². The summed E-state index contributed by atoms with van der Waals surface area (Å²) in [4.78, 5) is 33.0. The molecule has 8 heteroatoms. The molecule has 3 amide bonds. The van der Waals surface area contributed by atoms with Crippen LogP contribution < -0.4 is 9.99 Å². The number of rotatable bonds is 5. The van der Waals surface area contributed by atoms with Gasteiger partial charge in [-0.3, -0.25) is 8.75 Å². The Bertz CT molecular complexity index is 921. The first kappa shape index (κ1) is 25.9. The second-order valence-corrected chi connectivity index (χ2v) is 12.2. The normalized spacial score (nSPS) is 26.0. The summed E-state index contributed by atoms with van der Waals surface area (Å²) in [6, 6.07) is -0.129. The minimum Gasteiger partial charge on any atom is -0.378 e. The van der Waals surface area contributed by atoms with Crippen molar-refractivity contribution in [2.75, 3.05) is 26.3 Å². The molecule has 0 aromatic carbocycles. The van der Waals surface area contributed by atoms with Crippen LogP contribution in [0.3, 0.4) is 0 Å². The van der Waals surface area contributed by atoms with Crippen LogP contribution in [-0.2, 0) is 21.5 Å². The molecule has 1 N–H and O–H groups in total. The number of amides is 3. The monoisotopic (exact) mass is 478 g/mol. The Kier molecular flexibility index (Phi) is 7.79. The van der Waals surface area contributed by atoms with Crippen molar-refractivity contribution in [1.29, 1.82) is 0 Å². The van der Waals surface area contributed by atoms with E-state index in [-0.39, 0.29) is 23.5 Å². The van der Waals surface area contributed by atoms with E-state index < -0.39 is 10.8 Å². The van der Waals surface area contributed by atoms with Crippen molar-refractivity contribution in [3.8, 4) is 0 Å².